The maximum absolute atomic E-state index is 12.3. The summed E-state index contributed by atoms with van der Waals surface area (Å²) in [4.78, 5) is 16.1. The lowest BCUT2D eigenvalue weighted by molar-refractivity contribution is 0.0734. The van der Waals surface area contributed by atoms with Crippen molar-refractivity contribution in [1.29, 1.82) is 0 Å². The molecule has 1 aromatic heterocycles. The van der Waals surface area contributed by atoms with Gasteiger partial charge in [-0.3, -0.25) is 0 Å². The van der Waals surface area contributed by atoms with Gasteiger partial charge in [-0.05, 0) is 41.7 Å². The van der Waals surface area contributed by atoms with Crippen LogP contribution in [-0.4, -0.2) is 11.0 Å². The number of pyridine rings is 1. The predicted octanol–water partition coefficient (Wildman–Crippen LogP) is 6.62. The Balaban J connectivity index is 1.68. The molecular formula is C22H19Cl2NO2. The van der Waals surface area contributed by atoms with Crippen LogP contribution in [-0.2, 0) is 6.42 Å². The highest BCUT2D eigenvalue weighted by Crippen LogP contribution is 2.25. The monoisotopic (exact) mass is 399 g/mol. The summed E-state index contributed by atoms with van der Waals surface area (Å²) in [7, 11) is 0. The van der Waals surface area contributed by atoms with Crippen LogP contribution in [0.3, 0.4) is 0 Å². The number of halogens is 2. The van der Waals surface area contributed by atoms with E-state index >= 15 is 0 Å². The number of hydrogen-bond acceptors (Lipinski definition) is 3. The summed E-state index contributed by atoms with van der Waals surface area (Å²) in [5, 5.41) is 0.404. The van der Waals surface area contributed by atoms with Crippen LogP contribution in [0.4, 0.5) is 0 Å². The fraction of sp³-hybridized carbons (Fsp3) is 0.182. The molecule has 0 aliphatic heterocycles. The average molecular weight is 400 g/mol. The number of ether oxygens (including phenoxy) is 1. The largest absolute Gasteiger partial charge is 0.421 e. The lowest BCUT2D eigenvalue weighted by Gasteiger charge is -2.07. The zero-order valence-corrected chi connectivity index (χ0v) is 16.4. The quantitative estimate of drug-likeness (QED) is 0.345. The van der Waals surface area contributed by atoms with Gasteiger partial charge in [-0.15, -0.1) is 0 Å². The number of nitrogens with zero attached hydrogens (tertiary/aromatic N) is 1. The Morgan fingerprint density at radius 1 is 1.00 bits per heavy atom. The van der Waals surface area contributed by atoms with E-state index in [0.717, 1.165) is 17.5 Å². The third-order valence-corrected chi connectivity index (χ3v) is 4.89. The Labute approximate surface area is 168 Å². The number of unbranched alkanes of at least 4 members (excludes halogenated alkanes) is 1. The van der Waals surface area contributed by atoms with Crippen molar-refractivity contribution < 1.29 is 9.53 Å². The van der Waals surface area contributed by atoms with Gasteiger partial charge in [0.1, 0.15) is 5.15 Å². The molecule has 0 radical (unpaired) electrons. The number of carbonyl (C=O) groups excluding carboxylic acids is 1. The predicted molar refractivity (Wildman–Crippen MR) is 110 cm³/mol. The van der Waals surface area contributed by atoms with Crippen LogP contribution in [0.2, 0.25) is 10.2 Å². The molecule has 0 bridgehead atoms. The van der Waals surface area contributed by atoms with Crippen molar-refractivity contribution >= 4 is 29.2 Å². The van der Waals surface area contributed by atoms with Crippen molar-refractivity contribution in [1.82, 2.24) is 4.98 Å². The lowest BCUT2D eigenvalue weighted by Crippen LogP contribution is -2.08. The number of aromatic nitrogens is 1. The number of rotatable bonds is 6. The maximum atomic E-state index is 12.3. The fourth-order valence-electron chi connectivity index (χ4n) is 2.67. The normalized spacial score (nSPS) is 10.6. The standard InChI is InChI=1S/C22H19Cl2NO2/c1-2-3-4-15-5-7-16(8-6-15)17-9-11-18(12-10-17)22(26)27-19-13-20(23)21(24)25-14-19/h5-14H,2-4H2,1H3. The second-order valence-corrected chi connectivity index (χ2v) is 6.98. The molecule has 1 heterocycles. The van der Waals surface area contributed by atoms with E-state index in [2.05, 4.69) is 36.2 Å². The van der Waals surface area contributed by atoms with E-state index in [4.69, 9.17) is 27.9 Å². The highest BCUT2D eigenvalue weighted by molar-refractivity contribution is 6.41. The Hall–Kier alpha value is -2.36. The highest BCUT2D eigenvalue weighted by atomic mass is 35.5. The van der Waals surface area contributed by atoms with E-state index in [0.29, 0.717) is 5.56 Å². The number of benzene rings is 2. The minimum absolute atomic E-state index is 0.168. The summed E-state index contributed by atoms with van der Waals surface area (Å²) >= 11 is 11.6. The van der Waals surface area contributed by atoms with E-state index in [9.17, 15) is 4.79 Å². The van der Waals surface area contributed by atoms with E-state index < -0.39 is 5.97 Å². The third kappa shape index (κ3) is 5.09. The van der Waals surface area contributed by atoms with Gasteiger partial charge in [0.2, 0.25) is 0 Å². The first kappa shape index (κ1) is 19.4. The van der Waals surface area contributed by atoms with E-state index in [1.54, 1.807) is 12.1 Å². The van der Waals surface area contributed by atoms with Crippen LogP contribution >= 0.6 is 23.2 Å². The molecule has 138 valence electrons. The molecule has 0 saturated carbocycles. The molecule has 0 saturated heterocycles. The molecule has 3 aromatic rings. The molecule has 0 aliphatic rings. The Bertz CT molecular complexity index is 922. The molecule has 0 spiro atoms. The van der Waals surface area contributed by atoms with Gasteiger partial charge >= 0.3 is 5.97 Å². The molecule has 0 atom stereocenters. The second-order valence-electron chi connectivity index (χ2n) is 6.21. The summed E-state index contributed by atoms with van der Waals surface area (Å²) in [5.41, 5.74) is 3.95. The average Bonchev–Trinajstić information content (AvgIpc) is 2.70. The SMILES string of the molecule is CCCCc1ccc(-c2ccc(C(=O)Oc3cnc(Cl)c(Cl)c3)cc2)cc1. The Kier molecular flexibility index (Phi) is 6.49. The molecule has 5 heteroatoms. The maximum Gasteiger partial charge on any atom is 0.343 e. The first-order chi connectivity index (χ1) is 13.1. The van der Waals surface area contributed by atoms with Crippen LogP contribution in [0.5, 0.6) is 5.75 Å². The van der Waals surface area contributed by atoms with Crippen LogP contribution in [0.25, 0.3) is 11.1 Å². The molecule has 0 aliphatic carbocycles. The lowest BCUT2D eigenvalue weighted by atomic mass is 10.0. The minimum Gasteiger partial charge on any atom is -0.421 e. The van der Waals surface area contributed by atoms with Gasteiger partial charge in [0.05, 0.1) is 16.8 Å². The van der Waals surface area contributed by atoms with Crippen LogP contribution in [0, 0.1) is 0 Å². The van der Waals surface area contributed by atoms with Gasteiger partial charge in [-0.1, -0.05) is 72.9 Å². The van der Waals surface area contributed by atoms with Crippen molar-refractivity contribution in [3.05, 3.63) is 82.1 Å². The van der Waals surface area contributed by atoms with E-state index in [1.165, 1.54) is 30.7 Å². The van der Waals surface area contributed by atoms with Crippen molar-refractivity contribution in [2.75, 3.05) is 0 Å². The topological polar surface area (TPSA) is 39.2 Å². The molecule has 0 amide bonds. The first-order valence-electron chi connectivity index (χ1n) is 8.79. The van der Waals surface area contributed by atoms with Crippen LogP contribution in [0.1, 0.15) is 35.7 Å². The van der Waals surface area contributed by atoms with Gasteiger partial charge in [-0.25, -0.2) is 9.78 Å². The number of carbonyl (C=O) groups is 1. The smallest absolute Gasteiger partial charge is 0.343 e. The summed E-state index contributed by atoms with van der Waals surface area (Å²) < 4.78 is 5.29. The van der Waals surface area contributed by atoms with Crippen molar-refractivity contribution in [3.63, 3.8) is 0 Å². The van der Waals surface area contributed by atoms with Gasteiger partial charge < -0.3 is 4.74 Å². The Morgan fingerprint density at radius 2 is 1.63 bits per heavy atom. The molecule has 3 rings (SSSR count). The summed E-state index contributed by atoms with van der Waals surface area (Å²) in [6.45, 7) is 2.19. The molecule has 27 heavy (non-hydrogen) atoms. The third-order valence-electron chi connectivity index (χ3n) is 4.21. The number of hydrogen-bond donors (Lipinski definition) is 0. The molecule has 0 N–H and O–H groups in total. The molecule has 3 nitrogen and oxygen atoms in total. The number of esters is 1. The van der Waals surface area contributed by atoms with Crippen LogP contribution in [0.15, 0.2) is 60.8 Å². The van der Waals surface area contributed by atoms with E-state index in [-0.39, 0.29) is 15.9 Å². The number of aryl methyl sites for hydroxylation is 1. The first-order valence-corrected chi connectivity index (χ1v) is 9.55. The fourth-order valence-corrected chi connectivity index (χ4v) is 2.93. The molecule has 0 unspecified atom stereocenters. The summed E-state index contributed by atoms with van der Waals surface area (Å²) in [6, 6.07) is 17.3. The van der Waals surface area contributed by atoms with Gasteiger partial charge in [0.15, 0.2) is 5.75 Å². The minimum atomic E-state index is -0.475. The summed E-state index contributed by atoms with van der Waals surface area (Å²) in [6.07, 6.45) is 4.85. The van der Waals surface area contributed by atoms with Gasteiger partial charge in [0.25, 0.3) is 0 Å². The highest BCUT2D eigenvalue weighted by Gasteiger charge is 2.11. The Morgan fingerprint density at radius 3 is 2.22 bits per heavy atom. The molecule has 0 fully saturated rings. The second kappa shape index (κ2) is 9.03. The summed E-state index contributed by atoms with van der Waals surface area (Å²) in [5.74, 6) is -0.224. The molecular weight excluding hydrogens is 381 g/mol. The van der Waals surface area contributed by atoms with Crippen molar-refractivity contribution in [2.24, 2.45) is 0 Å². The van der Waals surface area contributed by atoms with Crippen molar-refractivity contribution in [3.8, 4) is 16.9 Å². The van der Waals surface area contributed by atoms with Crippen LogP contribution < -0.4 is 4.74 Å². The molecule has 2 aromatic carbocycles. The van der Waals surface area contributed by atoms with Gasteiger partial charge in [0, 0.05) is 6.07 Å². The van der Waals surface area contributed by atoms with E-state index in [1.807, 2.05) is 12.1 Å². The zero-order chi connectivity index (χ0) is 19.2. The van der Waals surface area contributed by atoms with Crippen molar-refractivity contribution in [2.45, 2.75) is 26.2 Å². The zero-order valence-electron chi connectivity index (χ0n) is 14.9. The van der Waals surface area contributed by atoms with Gasteiger partial charge in [-0.2, -0.15) is 0 Å².